The molecule has 0 saturated heterocycles. The van der Waals surface area contributed by atoms with Gasteiger partial charge in [0.25, 0.3) is 0 Å². The fourth-order valence-electron chi connectivity index (χ4n) is 1.93. The molecule has 0 spiro atoms. The number of anilines is 2. The Balaban J connectivity index is 1.55. The van der Waals surface area contributed by atoms with E-state index in [0.717, 1.165) is 8.95 Å². The molecule has 1 aromatic heterocycles. The lowest BCUT2D eigenvalue weighted by atomic mass is 10.3. The Morgan fingerprint density at radius 2 is 1.89 bits per heavy atom. The van der Waals surface area contributed by atoms with Gasteiger partial charge in [-0.05, 0) is 52.3 Å². The zero-order chi connectivity index (χ0) is 19.4. The van der Waals surface area contributed by atoms with Crippen molar-refractivity contribution in [2.24, 2.45) is 0 Å². The Bertz CT molecular complexity index is 987. The van der Waals surface area contributed by atoms with Gasteiger partial charge in [-0.1, -0.05) is 50.5 Å². The van der Waals surface area contributed by atoms with Crippen LogP contribution in [0.15, 0.2) is 45.3 Å². The molecule has 0 atom stereocenters. The van der Waals surface area contributed by atoms with Gasteiger partial charge in [0.05, 0.1) is 14.5 Å². The van der Waals surface area contributed by atoms with Gasteiger partial charge >= 0.3 is 6.03 Å². The molecule has 0 unspecified atom stereocenters. The number of nitrogens with zero attached hydrogens (tertiary/aromatic N) is 2. The van der Waals surface area contributed by atoms with Crippen LogP contribution in [-0.2, 0) is 6.61 Å². The molecule has 0 aliphatic carbocycles. The van der Waals surface area contributed by atoms with E-state index in [4.69, 9.17) is 27.9 Å². The van der Waals surface area contributed by atoms with Crippen molar-refractivity contribution in [2.45, 2.75) is 6.61 Å². The lowest BCUT2D eigenvalue weighted by molar-refractivity contribution is 0.262. The predicted octanol–water partition coefficient (Wildman–Crippen LogP) is 6.59. The fraction of sp³-hybridized carbons (Fsp3) is 0.0625. The molecule has 11 heteroatoms. The van der Waals surface area contributed by atoms with Crippen molar-refractivity contribution in [3.8, 4) is 5.75 Å². The third-order valence-corrected chi connectivity index (χ3v) is 5.77. The van der Waals surface area contributed by atoms with Crippen LogP contribution in [0.5, 0.6) is 5.75 Å². The van der Waals surface area contributed by atoms with Crippen LogP contribution in [0.25, 0.3) is 0 Å². The second-order valence-electron chi connectivity index (χ2n) is 5.07. The third kappa shape index (κ3) is 5.79. The van der Waals surface area contributed by atoms with Gasteiger partial charge < -0.3 is 10.1 Å². The molecule has 0 bridgehead atoms. The number of halogens is 4. The lowest BCUT2D eigenvalue weighted by Crippen LogP contribution is -2.19. The Kier molecular flexibility index (Phi) is 6.93. The first-order chi connectivity index (χ1) is 12.9. The van der Waals surface area contributed by atoms with Crippen LogP contribution in [0.2, 0.25) is 10.0 Å². The molecular formula is C16H10Br2Cl2N4O2S. The lowest BCUT2D eigenvalue weighted by Gasteiger charge is -2.06. The maximum atomic E-state index is 12.0. The summed E-state index contributed by atoms with van der Waals surface area (Å²) in [6.07, 6.45) is 0. The van der Waals surface area contributed by atoms with E-state index in [9.17, 15) is 4.79 Å². The van der Waals surface area contributed by atoms with Crippen LogP contribution >= 0.6 is 66.4 Å². The number of carbonyl (C=O) groups is 1. The monoisotopic (exact) mass is 550 g/mol. The van der Waals surface area contributed by atoms with E-state index in [2.05, 4.69) is 52.7 Å². The highest BCUT2D eigenvalue weighted by atomic mass is 79.9. The summed E-state index contributed by atoms with van der Waals surface area (Å²) in [5, 5.41) is 14.9. The van der Waals surface area contributed by atoms with Gasteiger partial charge in [0, 0.05) is 10.2 Å². The van der Waals surface area contributed by atoms with Gasteiger partial charge in [0.15, 0.2) is 5.01 Å². The van der Waals surface area contributed by atoms with E-state index in [1.807, 2.05) is 18.2 Å². The summed E-state index contributed by atoms with van der Waals surface area (Å²) in [6.45, 7) is 0.230. The molecule has 0 radical (unpaired) electrons. The van der Waals surface area contributed by atoms with Crippen molar-refractivity contribution in [2.75, 3.05) is 10.6 Å². The third-order valence-electron chi connectivity index (χ3n) is 3.11. The number of carbonyl (C=O) groups excluding carboxylic acids is 1. The molecule has 6 nitrogen and oxygen atoms in total. The Morgan fingerprint density at radius 1 is 1.07 bits per heavy atom. The number of ether oxygens (including phenoxy) is 1. The van der Waals surface area contributed by atoms with Gasteiger partial charge in [-0.15, -0.1) is 10.2 Å². The van der Waals surface area contributed by atoms with Gasteiger partial charge in [-0.2, -0.15) is 0 Å². The van der Waals surface area contributed by atoms with Crippen LogP contribution in [-0.4, -0.2) is 16.2 Å². The van der Waals surface area contributed by atoms with Crippen molar-refractivity contribution >= 4 is 83.2 Å². The highest BCUT2D eigenvalue weighted by molar-refractivity contribution is 9.11. The van der Waals surface area contributed by atoms with Crippen LogP contribution < -0.4 is 15.4 Å². The van der Waals surface area contributed by atoms with E-state index >= 15 is 0 Å². The molecule has 3 aromatic rings. The van der Waals surface area contributed by atoms with Crippen LogP contribution in [0, 0.1) is 0 Å². The Labute approximate surface area is 185 Å². The molecule has 3 rings (SSSR count). The molecule has 2 amide bonds. The van der Waals surface area contributed by atoms with Crippen molar-refractivity contribution < 1.29 is 9.53 Å². The quantitative estimate of drug-likeness (QED) is 0.374. The maximum absolute atomic E-state index is 12.0. The highest BCUT2D eigenvalue weighted by Crippen LogP contribution is 2.29. The van der Waals surface area contributed by atoms with E-state index in [0.29, 0.717) is 31.6 Å². The van der Waals surface area contributed by atoms with Crippen molar-refractivity contribution in [3.63, 3.8) is 0 Å². The Hall–Kier alpha value is -1.39. The van der Waals surface area contributed by atoms with Crippen molar-refractivity contribution in [3.05, 3.63) is 60.4 Å². The number of amides is 2. The van der Waals surface area contributed by atoms with Gasteiger partial charge in [-0.25, -0.2) is 4.79 Å². The van der Waals surface area contributed by atoms with E-state index in [-0.39, 0.29) is 6.61 Å². The molecule has 2 N–H and O–H groups in total. The minimum absolute atomic E-state index is 0.230. The molecule has 0 aliphatic rings. The summed E-state index contributed by atoms with van der Waals surface area (Å²) >= 11 is 19.8. The molecule has 2 aromatic carbocycles. The summed E-state index contributed by atoms with van der Waals surface area (Å²) in [5.74, 6) is 0.681. The first-order valence-electron chi connectivity index (χ1n) is 7.34. The number of rotatable bonds is 5. The minimum atomic E-state index is -0.465. The molecule has 0 aliphatic heterocycles. The maximum Gasteiger partial charge on any atom is 0.325 e. The predicted molar refractivity (Wildman–Crippen MR) is 115 cm³/mol. The molecule has 140 valence electrons. The zero-order valence-corrected chi connectivity index (χ0v) is 18.8. The number of aromatic nitrogens is 2. The van der Waals surface area contributed by atoms with Crippen molar-refractivity contribution in [1.82, 2.24) is 10.2 Å². The normalized spacial score (nSPS) is 10.5. The molecule has 0 fully saturated rings. The fourth-order valence-corrected chi connectivity index (χ4v) is 4.04. The number of benzene rings is 2. The first-order valence-corrected chi connectivity index (χ1v) is 10.5. The summed E-state index contributed by atoms with van der Waals surface area (Å²) in [6, 6.07) is 9.92. The molecule has 1 heterocycles. The second-order valence-corrected chi connectivity index (χ2v) is 8.72. The first kappa shape index (κ1) is 20.3. The summed E-state index contributed by atoms with van der Waals surface area (Å²) in [5.41, 5.74) is 0.509. The zero-order valence-electron chi connectivity index (χ0n) is 13.3. The average Bonchev–Trinajstić information content (AvgIpc) is 3.04. The number of hydrogen-bond acceptors (Lipinski definition) is 5. The smallest absolute Gasteiger partial charge is 0.325 e. The van der Waals surface area contributed by atoms with Crippen LogP contribution in [0.4, 0.5) is 15.6 Å². The molecule has 27 heavy (non-hydrogen) atoms. The standard InChI is InChI=1S/C16H10Br2Cl2N4O2S/c17-8-1-4-13(10(18)5-8)26-7-14-23-24-16(27-14)22-15(25)21-9-2-3-11(19)12(20)6-9/h1-6H,7H2,(H2,21,22,24,25). The van der Waals surface area contributed by atoms with E-state index in [1.54, 1.807) is 18.2 Å². The topological polar surface area (TPSA) is 76.1 Å². The molecule has 0 saturated carbocycles. The van der Waals surface area contributed by atoms with E-state index < -0.39 is 6.03 Å². The minimum Gasteiger partial charge on any atom is -0.485 e. The second kappa shape index (κ2) is 9.20. The largest absolute Gasteiger partial charge is 0.485 e. The van der Waals surface area contributed by atoms with Gasteiger partial charge in [0.2, 0.25) is 5.13 Å². The van der Waals surface area contributed by atoms with Gasteiger partial charge in [0.1, 0.15) is 12.4 Å². The van der Waals surface area contributed by atoms with Crippen molar-refractivity contribution in [1.29, 1.82) is 0 Å². The highest BCUT2D eigenvalue weighted by Gasteiger charge is 2.10. The SMILES string of the molecule is O=C(Nc1ccc(Cl)c(Cl)c1)Nc1nnc(COc2ccc(Br)cc2Br)s1. The summed E-state index contributed by atoms with van der Waals surface area (Å²) in [7, 11) is 0. The Morgan fingerprint density at radius 3 is 2.63 bits per heavy atom. The number of urea groups is 1. The molecular weight excluding hydrogens is 543 g/mol. The average molecular weight is 553 g/mol. The van der Waals surface area contributed by atoms with Crippen LogP contribution in [0.1, 0.15) is 5.01 Å². The van der Waals surface area contributed by atoms with Crippen LogP contribution in [0.3, 0.4) is 0 Å². The summed E-state index contributed by atoms with van der Waals surface area (Å²) in [4.78, 5) is 12.0. The van der Waals surface area contributed by atoms with Gasteiger partial charge in [-0.3, -0.25) is 5.32 Å². The van der Waals surface area contributed by atoms with E-state index in [1.165, 1.54) is 11.3 Å². The number of nitrogens with one attached hydrogen (secondary N) is 2. The number of hydrogen-bond donors (Lipinski definition) is 2. The summed E-state index contributed by atoms with van der Waals surface area (Å²) < 4.78 is 7.46.